The summed E-state index contributed by atoms with van der Waals surface area (Å²) in [5.74, 6) is 0. The molecule has 0 unspecified atom stereocenters. The van der Waals surface area contributed by atoms with Crippen LogP contribution in [0.15, 0.2) is 40.9 Å². The topological polar surface area (TPSA) is 72.9 Å². The van der Waals surface area contributed by atoms with E-state index in [1.54, 1.807) is 26.0 Å². The third-order valence-electron chi connectivity index (χ3n) is 3.35. The van der Waals surface area contributed by atoms with Crippen molar-refractivity contribution in [1.82, 2.24) is 4.31 Å². The summed E-state index contributed by atoms with van der Waals surface area (Å²) in [6, 6.07) is 6.30. The number of carbonyl (C=O) groups excluding carboxylic acids is 1. The Hall–Kier alpha value is -1.86. The molecular formula is C15H19NO5S. The van der Waals surface area contributed by atoms with Gasteiger partial charge in [-0.2, -0.15) is 4.31 Å². The van der Waals surface area contributed by atoms with Crippen LogP contribution in [0.25, 0.3) is 0 Å². The molecule has 1 aromatic rings. The fourth-order valence-corrected chi connectivity index (χ4v) is 3.67. The number of rotatable bonds is 4. The second-order valence-electron chi connectivity index (χ2n) is 5.51. The van der Waals surface area contributed by atoms with Gasteiger partial charge < -0.3 is 9.47 Å². The number of cyclic esters (lactones) is 1. The number of carbonyl (C=O) groups is 1. The first-order valence-corrected chi connectivity index (χ1v) is 8.18. The second-order valence-corrected chi connectivity index (χ2v) is 7.29. The van der Waals surface area contributed by atoms with Crippen molar-refractivity contribution in [3.05, 3.63) is 41.6 Å². The minimum Gasteiger partial charge on any atom is -0.436 e. The smallest absolute Gasteiger partial charge is 0.429 e. The maximum Gasteiger partial charge on any atom is 0.429 e. The number of nitrogens with zero attached hydrogens (tertiary/aromatic N) is 1. The molecule has 0 N–H and O–H groups in total. The minimum atomic E-state index is -4.02. The summed E-state index contributed by atoms with van der Waals surface area (Å²) < 4.78 is 36.4. The van der Waals surface area contributed by atoms with Crippen LogP contribution in [0, 0.1) is 6.92 Å². The highest BCUT2D eigenvalue weighted by molar-refractivity contribution is 7.89. The summed E-state index contributed by atoms with van der Waals surface area (Å²) >= 11 is 0. The Balaban J connectivity index is 2.52. The number of benzene rings is 1. The lowest BCUT2D eigenvalue weighted by Crippen LogP contribution is -2.32. The van der Waals surface area contributed by atoms with E-state index in [2.05, 4.69) is 0 Å². The standard InChI is InChI=1S/C15H19NO5S/c1-11-5-7-12(8-6-11)22(18,19)16-13(9-10-20-4)15(2,3)21-14(16)17/h5-9H,10H2,1-4H3/b13-9+. The lowest BCUT2D eigenvalue weighted by molar-refractivity contribution is 0.0954. The molecule has 0 aliphatic carbocycles. The third kappa shape index (κ3) is 2.86. The van der Waals surface area contributed by atoms with Crippen molar-refractivity contribution in [2.45, 2.75) is 31.3 Å². The summed E-state index contributed by atoms with van der Waals surface area (Å²) in [7, 11) is -2.53. The molecule has 2 rings (SSSR count). The molecule has 0 atom stereocenters. The number of sulfonamides is 1. The number of hydrogen-bond acceptors (Lipinski definition) is 5. The highest BCUT2D eigenvalue weighted by atomic mass is 32.2. The summed E-state index contributed by atoms with van der Waals surface area (Å²) in [6.07, 6.45) is 0.629. The molecule has 1 aromatic carbocycles. The van der Waals surface area contributed by atoms with Crippen molar-refractivity contribution in [3.63, 3.8) is 0 Å². The zero-order valence-corrected chi connectivity index (χ0v) is 13.8. The lowest BCUT2D eigenvalue weighted by Gasteiger charge is -2.20. The van der Waals surface area contributed by atoms with Crippen LogP contribution < -0.4 is 0 Å². The molecule has 0 saturated carbocycles. The first-order chi connectivity index (χ1) is 10.2. The highest BCUT2D eigenvalue weighted by Gasteiger charge is 2.49. The van der Waals surface area contributed by atoms with Crippen molar-refractivity contribution in [3.8, 4) is 0 Å². The third-order valence-corrected chi connectivity index (χ3v) is 5.04. The van der Waals surface area contributed by atoms with Crippen molar-refractivity contribution in [1.29, 1.82) is 0 Å². The van der Waals surface area contributed by atoms with Crippen LogP contribution in [-0.2, 0) is 19.5 Å². The van der Waals surface area contributed by atoms with Gasteiger partial charge >= 0.3 is 6.09 Å². The summed E-state index contributed by atoms with van der Waals surface area (Å²) in [5.41, 5.74) is 0.145. The molecule has 1 fully saturated rings. The predicted molar refractivity (Wildman–Crippen MR) is 80.7 cm³/mol. The molecule has 0 spiro atoms. The first-order valence-electron chi connectivity index (χ1n) is 6.74. The Bertz CT molecular complexity index is 704. The van der Waals surface area contributed by atoms with Crippen LogP contribution in [0.3, 0.4) is 0 Å². The van der Waals surface area contributed by atoms with Crippen LogP contribution in [0.1, 0.15) is 19.4 Å². The zero-order valence-electron chi connectivity index (χ0n) is 13.0. The van der Waals surface area contributed by atoms with Gasteiger partial charge in [0.25, 0.3) is 10.0 Å². The fourth-order valence-electron chi connectivity index (χ4n) is 2.19. The van der Waals surface area contributed by atoms with Gasteiger partial charge in [-0.15, -0.1) is 0 Å². The van der Waals surface area contributed by atoms with Crippen LogP contribution in [0.4, 0.5) is 4.79 Å². The van der Waals surface area contributed by atoms with Crippen molar-refractivity contribution in [2.75, 3.05) is 13.7 Å². The van der Waals surface area contributed by atoms with E-state index in [1.165, 1.54) is 25.3 Å². The van der Waals surface area contributed by atoms with Gasteiger partial charge in [0.05, 0.1) is 17.2 Å². The van der Waals surface area contributed by atoms with Gasteiger partial charge in [0.1, 0.15) is 5.60 Å². The minimum absolute atomic E-state index is 0.0380. The Labute approximate surface area is 130 Å². The van der Waals surface area contributed by atoms with Gasteiger partial charge in [-0.1, -0.05) is 17.7 Å². The van der Waals surface area contributed by atoms with Crippen LogP contribution >= 0.6 is 0 Å². The number of ether oxygens (including phenoxy) is 2. The Morgan fingerprint density at radius 3 is 2.41 bits per heavy atom. The molecule has 120 valence electrons. The van der Waals surface area contributed by atoms with E-state index in [9.17, 15) is 13.2 Å². The summed E-state index contributed by atoms with van der Waals surface area (Å²) in [4.78, 5) is 12.1. The molecule has 1 amide bonds. The number of hydrogen-bond donors (Lipinski definition) is 0. The molecule has 22 heavy (non-hydrogen) atoms. The van der Waals surface area contributed by atoms with E-state index < -0.39 is 21.7 Å². The molecule has 1 aliphatic rings. The molecule has 0 bridgehead atoms. The Kier molecular flexibility index (Phi) is 4.30. The molecule has 6 nitrogen and oxygen atoms in total. The van der Waals surface area contributed by atoms with Gasteiger partial charge in [-0.05, 0) is 39.0 Å². The molecule has 1 aliphatic heterocycles. The maximum atomic E-state index is 12.8. The lowest BCUT2D eigenvalue weighted by atomic mass is 10.1. The van der Waals surface area contributed by atoms with Crippen molar-refractivity contribution < 1.29 is 22.7 Å². The molecular weight excluding hydrogens is 306 g/mol. The Morgan fingerprint density at radius 1 is 1.27 bits per heavy atom. The monoisotopic (exact) mass is 325 g/mol. The van der Waals surface area contributed by atoms with E-state index in [0.29, 0.717) is 4.31 Å². The van der Waals surface area contributed by atoms with Gasteiger partial charge in [0.2, 0.25) is 0 Å². The Morgan fingerprint density at radius 2 is 1.86 bits per heavy atom. The van der Waals surface area contributed by atoms with Crippen LogP contribution in [0.5, 0.6) is 0 Å². The van der Waals surface area contributed by atoms with Crippen LogP contribution in [-0.4, -0.2) is 38.1 Å². The molecule has 1 saturated heterocycles. The average molecular weight is 325 g/mol. The second kappa shape index (κ2) is 5.73. The quantitative estimate of drug-likeness (QED) is 0.850. The largest absolute Gasteiger partial charge is 0.436 e. The average Bonchev–Trinajstić information content (AvgIpc) is 2.66. The fraction of sp³-hybridized carbons (Fsp3) is 0.400. The molecule has 0 radical (unpaired) electrons. The van der Waals surface area contributed by atoms with Crippen molar-refractivity contribution in [2.24, 2.45) is 0 Å². The van der Waals surface area contributed by atoms with E-state index in [4.69, 9.17) is 9.47 Å². The van der Waals surface area contributed by atoms with E-state index in [0.717, 1.165) is 5.56 Å². The zero-order chi connectivity index (χ0) is 16.5. The molecule has 1 heterocycles. The number of methoxy groups -OCH3 is 1. The van der Waals surface area contributed by atoms with Gasteiger partial charge in [-0.25, -0.2) is 13.2 Å². The summed E-state index contributed by atoms with van der Waals surface area (Å²) in [5, 5.41) is 0. The highest BCUT2D eigenvalue weighted by Crippen LogP contribution is 2.37. The van der Waals surface area contributed by atoms with E-state index in [-0.39, 0.29) is 17.2 Å². The maximum absolute atomic E-state index is 12.8. The van der Waals surface area contributed by atoms with E-state index in [1.807, 2.05) is 6.92 Å². The van der Waals surface area contributed by atoms with Gasteiger partial charge in [0.15, 0.2) is 0 Å². The normalized spacial score (nSPS) is 19.5. The van der Waals surface area contributed by atoms with Gasteiger partial charge in [-0.3, -0.25) is 0 Å². The summed E-state index contributed by atoms with van der Waals surface area (Å²) in [6.45, 7) is 5.30. The van der Waals surface area contributed by atoms with Gasteiger partial charge in [0, 0.05) is 7.11 Å². The SMILES string of the molecule is COC/C=C1/N(S(=O)(=O)c2ccc(C)cc2)C(=O)OC1(C)C. The number of aryl methyl sites for hydroxylation is 1. The number of amides is 1. The molecule has 7 heteroatoms. The van der Waals surface area contributed by atoms with Crippen molar-refractivity contribution >= 4 is 16.1 Å². The van der Waals surface area contributed by atoms with Crippen LogP contribution in [0.2, 0.25) is 0 Å². The first kappa shape index (κ1) is 16.5. The molecule has 0 aromatic heterocycles. The van der Waals surface area contributed by atoms with E-state index >= 15 is 0 Å². The predicted octanol–water partition coefficient (Wildman–Crippen LogP) is 2.44.